The summed E-state index contributed by atoms with van der Waals surface area (Å²) in [4.78, 5) is 15.0. The highest BCUT2D eigenvalue weighted by atomic mass is 19.1. The normalized spacial score (nSPS) is 46.9. The van der Waals surface area contributed by atoms with Gasteiger partial charge in [0.25, 0.3) is 0 Å². The summed E-state index contributed by atoms with van der Waals surface area (Å²) in [7, 11) is 0. The molecule has 0 aromatic heterocycles. The molecule has 0 N–H and O–H groups in total. The molecule has 26 heavy (non-hydrogen) atoms. The topological polar surface area (TPSA) is 75.1 Å². The fourth-order valence-corrected chi connectivity index (χ4v) is 5.92. The van der Waals surface area contributed by atoms with Gasteiger partial charge in [0.1, 0.15) is 36.3 Å². The van der Waals surface area contributed by atoms with Gasteiger partial charge in [-0.2, -0.15) is 5.26 Å². The molecular formula is C19H17FN2O4. The number of benzene rings is 1. The Hall–Kier alpha value is -2.01. The van der Waals surface area contributed by atoms with Crippen molar-refractivity contribution in [3.8, 4) is 6.07 Å². The Morgan fingerprint density at radius 2 is 2.27 bits per heavy atom. The van der Waals surface area contributed by atoms with E-state index in [4.69, 9.17) is 19.5 Å². The molecule has 134 valence electrons. The van der Waals surface area contributed by atoms with Gasteiger partial charge in [-0.1, -0.05) is 0 Å². The van der Waals surface area contributed by atoms with E-state index in [0.717, 1.165) is 6.42 Å². The monoisotopic (exact) mass is 356 g/mol. The second-order valence-electron chi connectivity index (χ2n) is 8.03. The van der Waals surface area contributed by atoms with Crippen molar-refractivity contribution in [1.82, 2.24) is 0 Å². The molecule has 0 aliphatic carbocycles. The lowest BCUT2D eigenvalue weighted by Crippen LogP contribution is -2.54. The van der Waals surface area contributed by atoms with Crippen LogP contribution in [-0.4, -0.2) is 42.2 Å². The van der Waals surface area contributed by atoms with Gasteiger partial charge in [0.05, 0.1) is 30.1 Å². The fourth-order valence-electron chi connectivity index (χ4n) is 5.92. The average Bonchev–Trinajstić information content (AvgIpc) is 3.29. The maximum atomic E-state index is 13.4. The first-order valence-corrected chi connectivity index (χ1v) is 8.94. The number of fused-ring (bicyclic) bond motifs is 4. The van der Waals surface area contributed by atoms with Crippen molar-refractivity contribution < 1.29 is 23.4 Å². The molecule has 5 aliphatic rings. The molecule has 1 amide bonds. The summed E-state index contributed by atoms with van der Waals surface area (Å²) < 4.78 is 31.7. The van der Waals surface area contributed by atoms with Gasteiger partial charge in [-0.05, 0) is 25.1 Å². The van der Waals surface area contributed by atoms with Crippen LogP contribution < -0.4 is 4.90 Å². The molecule has 1 aromatic carbocycles. The van der Waals surface area contributed by atoms with Crippen molar-refractivity contribution in [2.75, 3.05) is 11.5 Å². The predicted octanol–water partition coefficient (Wildman–Crippen LogP) is 1.66. The minimum absolute atomic E-state index is 0.0197. The molecular weight excluding hydrogens is 339 g/mol. The molecule has 7 atom stereocenters. The minimum Gasteiger partial charge on any atom is -0.363 e. The molecule has 5 fully saturated rings. The number of hydrogen-bond acceptors (Lipinski definition) is 5. The van der Waals surface area contributed by atoms with E-state index in [1.54, 1.807) is 23.1 Å². The SMILES string of the molecule is C[C@]12O[C@@]3(CCO[C@H]4[C@@H]3[C@@H]1C(=O)N4c1ccc(C#N)c(CF)c1)[C@H]1O[C@H]12. The highest BCUT2D eigenvalue weighted by Crippen LogP contribution is 2.71. The Labute approximate surface area is 149 Å². The molecule has 2 bridgehead atoms. The van der Waals surface area contributed by atoms with Crippen LogP contribution in [0.2, 0.25) is 0 Å². The van der Waals surface area contributed by atoms with Gasteiger partial charge >= 0.3 is 0 Å². The third kappa shape index (κ3) is 1.44. The third-order valence-corrected chi connectivity index (χ3v) is 6.97. The molecule has 7 heteroatoms. The van der Waals surface area contributed by atoms with Gasteiger partial charge in [0.2, 0.25) is 5.91 Å². The highest BCUT2D eigenvalue weighted by Gasteiger charge is 2.87. The molecule has 0 unspecified atom stereocenters. The van der Waals surface area contributed by atoms with E-state index in [2.05, 4.69) is 0 Å². The van der Waals surface area contributed by atoms with Gasteiger partial charge in [0.15, 0.2) is 0 Å². The van der Waals surface area contributed by atoms with E-state index < -0.39 is 24.1 Å². The molecule has 6 rings (SSSR count). The van der Waals surface area contributed by atoms with Crippen LogP contribution in [0.1, 0.15) is 24.5 Å². The summed E-state index contributed by atoms with van der Waals surface area (Å²) >= 11 is 0. The number of anilines is 1. The van der Waals surface area contributed by atoms with Crippen LogP contribution in [0.15, 0.2) is 18.2 Å². The Kier molecular flexibility index (Phi) is 2.58. The Bertz CT molecular complexity index is 900. The van der Waals surface area contributed by atoms with Crippen molar-refractivity contribution in [2.24, 2.45) is 11.8 Å². The lowest BCUT2D eigenvalue weighted by molar-refractivity contribution is -0.170. The van der Waals surface area contributed by atoms with Crippen molar-refractivity contribution in [3.63, 3.8) is 0 Å². The lowest BCUT2D eigenvalue weighted by Gasteiger charge is -2.41. The summed E-state index contributed by atoms with van der Waals surface area (Å²) in [6.45, 7) is 1.71. The number of ether oxygens (including phenoxy) is 3. The first kappa shape index (κ1) is 15.1. The van der Waals surface area contributed by atoms with Crippen molar-refractivity contribution in [3.05, 3.63) is 29.3 Å². The second-order valence-corrected chi connectivity index (χ2v) is 8.03. The maximum absolute atomic E-state index is 13.4. The molecule has 1 spiro atoms. The maximum Gasteiger partial charge on any atom is 0.235 e. The third-order valence-electron chi connectivity index (χ3n) is 6.97. The zero-order chi connectivity index (χ0) is 17.8. The van der Waals surface area contributed by atoms with Gasteiger partial charge in [-0.3, -0.25) is 9.69 Å². The molecule has 0 saturated carbocycles. The van der Waals surface area contributed by atoms with Gasteiger partial charge in [-0.15, -0.1) is 0 Å². The summed E-state index contributed by atoms with van der Waals surface area (Å²) in [6.07, 6.45) is 0.323. The largest absolute Gasteiger partial charge is 0.363 e. The van der Waals surface area contributed by atoms with Gasteiger partial charge < -0.3 is 14.2 Å². The quantitative estimate of drug-likeness (QED) is 0.754. The molecule has 6 nitrogen and oxygen atoms in total. The number of carbonyl (C=O) groups is 1. The second kappa shape index (κ2) is 4.45. The van der Waals surface area contributed by atoms with Crippen molar-refractivity contribution in [2.45, 2.75) is 49.7 Å². The zero-order valence-electron chi connectivity index (χ0n) is 14.1. The number of amides is 1. The summed E-state index contributed by atoms with van der Waals surface area (Å²) in [5.74, 6) is -0.460. The number of halogens is 1. The predicted molar refractivity (Wildman–Crippen MR) is 85.7 cm³/mol. The number of carbonyl (C=O) groups excluding carboxylic acids is 1. The van der Waals surface area contributed by atoms with E-state index >= 15 is 0 Å². The van der Waals surface area contributed by atoms with Crippen molar-refractivity contribution >= 4 is 11.6 Å². The van der Waals surface area contributed by atoms with Crippen LogP contribution in [0.4, 0.5) is 10.1 Å². The first-order valence-electron chi connectivity index (χ1n) is 8.94. The highest BCUT2D eigenvalue weighted by molar-refractivity contribution is 6.00. The molecule has 0 radical (unpaired) electrons. The zero-order valence-corrected chi connectivity index (χ0v) is 14.1. The van der Waals surface area contributed by atoms with E-state index in [0.29, 0.717) is 12.3 Å². The van der Waals surface area contributed by atoms with Crippen molar-refractivity contribution in [1.29, 1.82) is 5.26 Å². The average molecular weight is 356 g/mol. The minimum atomic E-state index is -0.750. The molecule has 5 aliphatic heterocycles. The number of nitriles is 1. The summed E-state index contributed by atoms with van der Waals surface area (Å²) in [5, 5.41) is 9.12. The fraction of sp³-hybridized carbons (Fsp3) is 0.579. The number of nitrogens with zero attached hydrogens (tertiary/aromatic N) is 2. The van der Waals surface area contributed by atoms with Crippen LogP contribution in [-0.2, 0) is 25.7 Å². The van der Waals surface area contributed by atoms with E-state index in [1.807, 2.05) is 13.0 Å². The molecule has 5 heterocycles. The van der Waals surface area contributed by atoms with Gasteiger partial charge in [-0.25, -0.2) is 4.39 Å². The smallest absolute Gasteiger partial charge is 0.235 e. The Morgan fingerprint density at radius 1 is 1.42 bits per heavy atom. The molecule has 1 aromatic rings. The van der Waals surface area contributed by atoms with Gasteiger partial charge in [0, 0.05) is 17.7 Å². The number of hydrogen-bond donors (Lipinski definition) is 0. The van der Waals surface area contributed by atoms with Crippen LogP contribution in [0.5, 0.6) is 0 Å². The summed E-state index contributed by atoms with van der Waals surface area (Å²) in [6, 6.07) is 6.84. The number of rotatable bonds is 2. The van der Waals surface area contributed by atoms with E-state index in [1.165, 1.54) is 0 Å². The molecule has 5 saturated heterocycles. The van der Waals surface area contributed by atoms with Crippen LogP contribution >= 0.6 is 0 Å². The van der Waals surface area contributed by atoms with Crippen LogP contribution in [0.3, 0.4) is 0 Å². The Morgan fingerprint density at radius 3 is 3.04 bits per heavy atom. The van der Waals surface area contributed by atoms with Crippen LogP contribution in [0.25, 0.3) is 0 Å². The summed E-state index contributed by atoms with van der Waals surface area (Å²) in [5.41, 5.74) is 0.0806. The van der Waals surface area contributed by atoms with Crippen LogP contribution in [0, 0.1) is 23.2 Å². The number of alkyl halides is 1. The standard InChI is InChI=1S/C19H17FN2O4/c1-18-12-13-17(24-5-4-19(13,26-18)15-14(18)25-15)22(16(12)23)11-3-2-9(8-21)10(6-11)7-20/h2-3,6,12-15,17H,4-5,7H2,1H3/t12-,13+,14-,15+,17+,18+,19-/m1/s1. The first-order chi connectivity index (χ1) is 12.5. The number of epoxide rings is 1. The Balaban J connectivity index is 1.47. The van der Waals surface area contributed by atoms with E-state index in [-0.39, 0.29) is 41.1 Å². The lowest BCUT2D eigenvalue weighted by atomic mass is 9.66. The van der Waals surface area contributed by atoms with E-state index in [9.17, 15) is 9.18 Å².